The Bertz CT molecular complexity index is 736. The van der Waals surface area contributed by atoms with Gasteiger partial charge in [0.05, 0.1) is 23.7 Å². The highest BCUT2D eigenvalue weighted by Crippen LogP contribution is 2.33. The Balaban J connectivity index is 2.87. The van der Waals surface area contributed by atoms with Crippen molar-refractivity contribution in [2.75, 3.05) is 0 Å². The molecule has 0 fully saturated rings. The minimum Gasteiger partial charge on any atom is -0.256 e. The normalized spacial score (nSPS) is 10.5. The predicted molar refractivity (Wildman–Crippen MR) is 63.5 cm³/mol. The molecule has 0 atom stereocenters. The highest BCUT2D eigenvalue weighted by molar-refractivity contribution is 5.66. The highest BCUT2D eigenvalue weighted by Gasteiger charge is 2.28. The van der Waals surface area contributed by atoms with E-state index in [2.05, 4.69) is 4.98 Å². The fraction of sp³-hybridized carbons (Fsp3) is 0.143. The van der Waals surface area contributed by atoms with Gasteiger partial charge in [-0.1, -0.05) is 0 Å². The highest BCUT2D eigenvalue weighted by atomic mass is 19.2. The van der Waals surface area contributed by atoms with E-state index in [1.54, 1.807) is 13.0 Å². The first-order valence-corrected chi connectivity index (χ1v) is 5.73. The lowest BCUT2D eigenvalue weighted by atomic mass is 9.98. The third kappa shape index (κ3) is 2.33. The molecule has 0 unspecified atom stereocenters. The lowest BCUT2D eigenvalue weighted by molar-refractivity contribution is 0.381. The Kier molecular flexibility index (Phi) is 3.89. The fourth-order valence-electron chi connectivity index (χ4n) is 1.92. The van der Waals surface area contributed by atoms with Crippen molar-refractivity contribution in [1.29, 1.82) is 5.26 Å². The number of benzene rings is 1. The monoisotopic (exact) mass is 298 g/mol. The lowest BCUT2D eigenvalue weighted by Crippen LogP contribution is -2.07. The van der Waals surface area contributed by atoms with E-state index in [9.17, 15) is 22.0 Å². The van der Waals surface area contributed by atoms with E-state index >= 15 is 0 Å². The van der Waals surface area contributed by atoms with Crippen LogP contribution in [0, 0.1) is 47.3 Å². The average Bonchev–Trinajstić information content (AvgIpc) is 2.46. The van der Waals surface area contributed by atoms with Crippen LogP contribution in [0.1, 0.15) is 11.1 Å². The summed E-state index contributed by atoms with van der Waals surface area (Å²) in [4.78, 5) is 3.68. The van der Waals surface area contributed by atoms with E-state index in [1.807, 2.05) is 0 Å². The van der Waals surface area contributed by atoms with Gasteiger partial charge in [-0.3, -0.25) is 4.98 Å². The number of rotatable bonds is 2. The maximum absolute atomic E-state index is 13.8. The molecule has 1 aromatic heterocycles. The van der Waals surface area contributed by atoms with Crippen molar-refractivity contribution < 1.29 is 22.0 Å². The van der Waals surface area contributed by atoms with Crippen molar-refractivity contribution in [3.8, 4) is 17.3 Å². The smallest absolute Gasteiger partial charge is 0.200 e. The number of hydrogen-bond donors (Lipinski definition) is 0. The number of hydrogen-bond acceptors (Lipinski definition) is 2. The van der Waals surface area contributed by atoms with Crippen LogP contribution in [0.25, 0.3) is 11.3 Å². The summed E-state index contributed by atoms with van der Waals surface area (Å²) in [5, 5.41) is 8.73. The van der Waals surface area contributed by atoms with Crippen molar-refractivity contribution in [3.05, 3.63) is 52.5 Å². The fourth-order valence-corrected chi connectivity index (χ4v) is 1.92. The van der Waals surface area contributed by atoms with Crippen LogP contribution in [-0.2, 0) is 6.42 Å². The predicted octanol–water partition coefficient (Wildman–Crippen LogP) is 3.82. The third-order valence-corrected chi connectivity index (χ3v) is 2.99. The maximum Gasteiger partial charge on any atom is 0.200 e. The summed E-state index contributed by atoms with van der Waals surface area (Å²) in [5.74, 6) is -10.3. The zero-order chi connectivity index (χ0) is 15.7. The van der Waals surface area contributed by atoms with Gasteiger partial charge in [-0.15, -0.1) is 0 Å². The molecule has 0 saturated heterocycles. The van der Waals surface area contributed by atoms with Gasteiger partial charge >= 0.3 is 0 Å². The SMILES string of the molecule is Cc1ccnc(-c2c(F)c(F)c(F)c(F)c2F)c1CC#N. The summed E-state index contributed by atoms with van der Waals surface area (Å²) < 4.78 is 67.1. The van der Waals surface area contributed by atoms with Gasteiger partial charge in [-0.05, 0) is 24.1 Å². The van der Waals surface area contributed by atoms with Crippen LogP contribution < -0.4 is 0 Å². The van der Waals surface area contributed by atoms with Gasteiger partial charge in [0.2, 0.25) is 5.82 Å². The molecule has 0 radical (unpaired) electrons. The summed E-state index contributed by atoms with van der Waals surface area (Å²) in [6, 6.07) is 3.24. The third-order valence-electron chi connectivity index (χ3n) is 2.99. The number of nitriles is 1. The first-order valence-electron chi connectivity index (χ1n) is 5.73. The second kappa shape index (κ2) is 5.48. The zero-order valence-electron chi connectivity index (χ0n) is 10.6. The molecule has 2 nitrogen and oxygen atoms in total. The molecule has 0 saturated carbocycles. The summed E-state index contributed by atoms with van der Waals surface area (Å²) in [6.07, 6.45) is 0.901. The van der Waals surface area contributed by atoms with E-state index in [-0.39, 0.29) is 12.0 Å². The molecule has 1 aromatic carbocycles. The van der Waals surface area contributed by atoms with Gasteiger partial charge in [0.1, 0.15) is 0 Å². The molecule has 7 heteroatoms. The summed E-state index contributed by atoms with van der Waals surface area (Å²) in [6.45, 7) is 1.55. The van der Waals surface area contributed by atoms with E-state index in [1.165, 1.54) is 12.3 Å². The molecule has 0 bridgehead atoms. The van der Waals surface area contributed by atoms with E-state index < -0.39 is 40.3 Å². The lowest BCUT2D eigenvalue weighted by Gasteiger charge is -2.12. The maximum atomic E-state index is 13.8. The Labute approximate surface area is 116 Å². The molecule has 0 aliphatic carbocycles. The van der Waals surface area contributed by atoms with Gasteiger partial charge < -0.3 is 0 Å². The first-order chi connectivity index (χ1) is 9.90. The quantitative estimate of drug-likeness (QED) is 0.480. The van der Waals surface area contributed by atoms with Crippen molar-refractivity contribution in [3.63, 3.8) is 0 Å². The first kappa shape index (κ1) is 14.9. The second-order valence-electron chi connectivity index (χ2n) is 4.23. The number of nitrogens with zero attached hydrogens (tertiary/aromatic N) is 2. The van der Waals surface area contributed by atoms with E-state index in [4.69, 9.17) is 5.26 Å². The molecule has 0 amide bonds. The molecule has 0 spiro atoms. The average molecular weight is 298 g/mol. The van der Waals surface area contributed by atoms with Crippen molar-refractivity contribution in [1.82, 2.24) is 4.98 Å². The Morgan fingerprint density at radius 3 is 2.05 bits per heavy atom. The summed E-state index contributed by atoms with van der Waals surface area (Å²) in [7, 11) is 0. The minimum absolute atomic E-state index is 0.114. The van der Waals surface area contributed by atoms with Gasteiger partial charge in [0.25, 0.3) is 0 Å². The molecule has 1 heterocycles. The molecular weight excluding hydrogens is 291 g/mol. The van der Waals surface area contributed by atoms with Crippen molar-refractivity contribution >= 4 is 0 Å². The van der Waals surface area contributed by atoms with Crippen LogP contribution in [0.5, 0.6) is 0 Å². The minimum atomic E-state index is -2.23. The molecular formula is C14H7F5N2. The molecule has 0 aliphatic rings. The number of aromatic nitrogens is 1. The van der Waals surface area contributed by atoms with Crippen LogP contribution in [0.4, 0.5) is 22.0 Å². The standard InChI is InChI=1S/C14H7F5N2/c1-6-3-5-21-14(7(6)2-4-20)8-9(15)11(17)13(19)12(18)10(8)16/h3,5H,2H2,1H3. The van der Waals surface area contributed by atoms with Gasteiger partial charge in [0.15, 0.2) is 23.3 Å². The number of halogens is 5. The zero-order valence-corrected chi connectivity index (χ0v) is 10.6. The topological polar surface area (TPSA) is 36.7 Å². The van der Waals surface area contributed by atoms with Crippen molar-refractivity contribution in [2.24, 2.45) is 0 Å². The molecule has 21 heavy (non-hydrogen) atoms. The van der Waals surface area contributed by atoms with E-state index in [0.717, 1.165) is 0 Å². The molecule has 2 rings (SSSR count). The van der Waals surface area contributed by atoms with Crippen LogP contribution >= 0.6 is 0 Å². The molecule has 2 aromatic rings. The Morgan fingerprint density at radius 1 is 1.00 bits per heavy atom. The number of pyridine rings is 1. The van der Waals surface area contributed by atoms with Gasteiger partial charge in [0, 0.05) is 6.20 Å². The molecule has 0 N–H and O–H groups in total. The second-order valence-corrected chi connectivity index (χ2v) is 4.23. The summed E-state index contributed by atoms with van der Waals surface area (Å²) in [5.41, 5.74) is -0.974. The Morgan fingerprint density at radius 2 is 1.52 bits per heavy atom. The van der Waals surface area contributed by atoms with E-state index in [0.29, 0.717) is 5.56 Å². The number of aryl methyl sites for hydroxylation is 1. The molecule has 0 aliphatic heterocycles. The van der Waals surface area contributed by atoms with Crippen LogP contribution in [-0.4, -0.2) is 4.98 Å². The van der Waals surface area contributed by atoms with Crippen LogP contribution in [0.15, 0.2) is 12.3 Å². The largest absolute Gasteiger partial charge is 0.256 e. The summed E-state index contributed by atoms with van der Waals surface area (Å²) >= 11 is 0. The van der Waals surface area contributed by atoms with Crippen LogP contribution in [0.2, 0.25) is 0 Å². The van der Waals surface area contributed by atoms with Gasteiger partial charge in [-0.25, -0.2) is 22.0 Å². The molecule has 108 valence electrons. The van der Waals surface area contributed by atoms with Crippen LogP contribution in [0.3, 0.4) is 0 Å². The Hall–Kier alpha value is -2.49. The van der Waals surface area contributed by atoms with Crippen molar-refractivity contribution in [2.45, 2.75) is 13.3 Å². The van der Waals surface area contributed by atoms with Gasteiger partial charge in [-0.2, -0.15) is 5.26 Å².